The third-order valence-electron chi connectivity index (χ3n) is 3.77. The second kappa shape index (κ2) is 7.81. The first-order valence-electron chi connectivity index (χ1n) is 7.36. The van der Waals surface area contributed by atoms with Crippen LogP contribution >= 0.6 is 27.5 Å². The van der Waals surface area contributed by atoms with Gasteiger partial charge in [0.2, 0.25) is 5.91 Å². The number of carbonyl (C=O) groups excluding carboxylic acids is 2. The van der Waals surface area contributed by atoms with E-state index in [-0.39, 0.29) is 18.4 Å². The molecule has 0 unspecified atom stereocenters. The van der Waals surface area contributed by atoms with Crippen molar-refractivity contribution in [2.24, 2.45) is 0 Å². The van der Waals surface area contributed by atoms with E-state index in [0.29, 0.717) is 10.6 Å². The SMILES string of the molecule is Cc1cccc(NC(=O)CN(C)C(=O)c2cc(Br)ccc2Cl)c1C. The highest BCUT2D eigenvalue weighted by molar-refractivity contribution is 9.10. The highest BCUT2D eigenvalue weighted by atomic mass is 79.9. The van der Waals surface area contributed by atoms with Crippen LogP contribution in [0.3, 0.4) is 0 Å². The molecule has 0 aliphatic heterocycles. The van der Waals surface area contributed by atoms with Crippen LogP contribution in [0.15, 0.2) is 40.9 Å². The molecular formula is C18H18BrClN2O2. The van der Waals surface area contributed by atoms with E-state index in [2.05, 4.69) is 21.2 Å². The van der Waals surface area contributed by atoms with Crippen molar-refractivity contribution in [1.82, 2.24) is 4.90 Å². The van der Waals surface area contributed by atoms with E-state index in [1.165, 1.54) is 4.90 Å². The fourth-order valence-electron chi connectivity index (χ4n) is 2.23. The van der Waals surface area contributed by atoms with Gasteiger partial charge in [-0.2, -0.15) is 0 Å². The van der Waals surface area contributed by atoms with Gasteiger partial charge in [-0.25, -0.2) is 0 Å². The van der Waals surface area contributed by atoms with Crippen LogP contribution < -0.4 is 5.32 Å². The van der Waals surface area contributed by atoms with E-state index in [1.807, 2.05) is 32.0 Å². The number of hydrogen-bond acceptors (Lipinski definition) is 2. The Morgan fingerprint density at radius 2 is 1.92 bits per heavy atom. The molecular weight excluding hydrogens is 392 g/mol. The molecule has 2 aromatic rings. The first kappa shape index (κ1) is 18.5. The summed E-state index contributed by atoms with van der Waals surface area (Å²) in [5, 5.41) is 3.19. The van der Waals surface area contributed by atoms with E-state index >= 15 is 0 Å². The molecule has 2 rings (SSSR count). The molecule has 2 amide bonds. The topological polar surface area (TPSA) is 49.4 Å². The van der Waals surface area contributed by atoms with Gasteiger partial charge in [-0.15, -0.1) is 0 Å². The molecule has 0 fully saturated rings. The Morgan fingerprint density at radius 3 is 2.62 bits per heavy atom. The van der Waals surface area contributed by atoms with E-state index in [0.717, 1.165) is 21.3 Å². The van der Waals surface area contributed by atoms with E-state index in [4.69, 9.17) is 11.6 Å². The van der Waals surface area contributed by atoms with Crippen LogP contribution in [0.2, 0.25) is 5.02 Å². The lowest BCUT2D eigenvalue weighted by atomic mass is 10.1. The molecule has 4 nitrogen and oxygen atoms in total. The zero-order chi connectivity index (χ0) is 17.9. The van der Waals surface area contributed by atoms with E-state index in [1.54, 1.807) is 25.2 Å². The van der Waals surface area contributed by atoms with Crippen molar-refractivity contribution in [3.8, 4) is 0 Å². The van der Waals surface area contributed by atoms with Gasteiger partial charge in [-0.05, 0) is 49.2 Å². The maximum Gasteiger partial charge on any atom is 0.255 e. The minimum absolute atomic E-state index is 0.0605. The Bertz CT molecular complexity index is 793. The number of benzene rings is 2. The van der Waals surface area contributed by atoms with Gasteiger partial charge in [0.05, 0.1) is 17.1 Å². The van der Waals surface area contributed by atoms with Crippen LogP contribution in [0.25, 0.3) is 0 Å². The van der Waals surface area contributed by atoms with E-state index < -0.39 is 0 Å². The maximum absolute atomic E-state index is 12.5. The van der Waals surface area contributed by atoms with Gasteiger partial charge in [0.25, 0.3) is 5.91 Å². The highest BCUT2D eigenvalue weighted by Gasteiger charge is 2.18. The third-order valence-corrected chi connectivity index (χ3v) is 4.59. The minimum atomic E-state index is -0.308. The molecule has 0 atom stereocenters. The number of carbonyl (C=O) groups is 2. The molecule has 0 aliphatic carbocycles. The van der Waals surface area contributed by atoms with Crippen LogP contribution in [0.4, 0.5) is 5.69 Å². The molecule has 1 N–H and O–H groups in total. The van der Waals surface area contributed by atoms with Gasteiger partial charge < -0.3 is 10.2 Å². The Morgan fingerprint density at radius 1 is 1.21 bits per heavy atom. The Labute approximate surface area is 154 Å². The molecule has 6 heteroatoms. The van der Waals surface area contributed by atoms with Crippen LogP contribution in [-0.2, 0) is 4.79 Å². The summed E-state index contributed by atoms with van der Waals surface area (Å²) >= 11 is 9.39. The molecule has 0 saturated heterocycles. The minimum Gasteiger partial charge on any atom is -0.332 e. The van der Waals surface area contributed by atoms with Crippen LogP contribution in [0.5, 0.6) is 0 Å². The number of likely N-dealkylation sites (N-methyl/N-ethyl adjacent to an activating group) is 1. The number of hydrogen-bond donors (Lipinski definition) is 1. The average Bonchev–Trinajstić information content (AvgIpc) is 2.53. The summed E-state index contributed by atoms with van der Waals surface area (Å²) in [7, 11) is 1.57. The first-order chi connectivity index (χ1) is 11.3. The van der Waals surface area contributed by atoms with Crippen LogP contribution in [0.1, 0.15) is 21.5 Å². The third kappa shape index (κ3) is 4.36. The molecule has 0 heterocycles. The molecule has 0 spiro atoms. The van der Waals surface area contributed by atoms with Gasteiger partial charge in [0, 0.05) is 17.2 Å². The van der Waals surface area contributed by atoms with Gasteiger partial charge in [0.1, 0.15) is 0 Å². The fraction of sp³-hybridized carbons (Fsp3) is 0.222. The molecule has 0 aromatic heterocycles. The second-order valence-electron chi connectivity index (χ2n) is 5.58. The molecule has 0 saturated carbocycles. The molecule has 2 aromatic carbocycles. The van der Waals surface area contributed by atoms with Crippen molar-refractivity contribution < 1.29 is 9.59 Å². The second-order valence-corrected chi connectivity index (χ2v) is 6.90. The lowest BCUT2D eigenvalue weighted by Crippen LogP contribution is -2.35. The molecule has 0 aliphatic rings. The number of anilines is 1. The Balaban J connectivity index is 2.07. The van der Waals surface area contributed by atoms with Crippen molar-refractivity contribution in [2.75, 3.05) is 18.9 Å². The summed E-state index contributed by atoms with van der Waals surface area (Å²) in [5.41, 5.74) is 3.21. The number of nitrogens with one attached hydrogen (secondary N) is 1. The summed E-state index contributed by atoms with van der Waals surface area (Å²) in [5.74, 6) is -0.567. The number of aryl methyl sites for hydroxylation is 1. The van der Waals surface area contributed by atoms with Crippen molar-refractivity contribution in [2.45, 2.75) is 13.8 Å². The fourth-order valence-corrected chi connectivity index (χ4v) is 2.79. The highest BCUT2D eigenvalue weighted by Crippen LogP contribution is 2.22. The molecule has 0 bridgehead atoms. The van der Waals surface area contributed by atoms with Gasteiger partial charge in [-0.3, -0.25) is 9.59 Å². The quantitative estimate of drug-likeness (QED) is 0.812. The van der Waals surface area contributed by atoms with Gasteiger partial charge in [-0.1, -0.05) is 39.7 Å². The number of rotatable bonds is 4. The smallest absolute Gasteiger partial charge is 0.255 e. The van der Waals surface area contributed by atoms with E-state index in [9.17, 15) is 9.59 Å². The number of nitrogens with zero attached hydrogens (tertiary/aromatic N) is 1. The molecule has 0 radical (unpaired) electrons. The average molecular weight is 410 g/mol. The maximum atomic E-state index is 12.5. The van der Waals surface area contributed by atoms with Crippen molar-refractivity contribution in [3.63, 3.8) is 0 Å². The summed E-state index contributed by atoms with van der Waals surface area (Å²) in [6, 6.07) is 10.7. The normalized spacial score (nSPS) is 10.4. The molecule has 24 heavy (non-hydrogen) atoms. The van der Waals surface area contributed by atoms with Gasteiger partial charge in [0.15, 0.2) is 0 Å². The summed E-state index contributed by atoms with van der Waals surface area (Å²) in [6.45, 7) is 3.87. The monoisotopic (exact) mass is 408 g/mol. The molecule has 126 valence electrons. The Kier molecular flexibility index (Phi) is 6.02. The van der Waals surface area contributed by atoms with Crippen LogP contribution in [0, 0.1) is 13.8 Å². The largest absolute Gasteiger partial charge is 0.332 e. The van der Waals surface area contributed by atoms with Gasteiger partial charge >= 0.3 is 0 Å². The first-order valence-corrected chi connectivity index (χ1v) is 8.53. The summed E-state index contributed by atoms with van der Waals surface area (Å²) in [4.78, 5) is 26.0. The number of amides is 2. The predicted molar refractivity (Wildman–Crippen MR) is 101 cm³/mol. The van der Waals surface area contributed by atoms with Crippen molar-refractivity contribution >= 4 is 45.0 Å². The zero-order valence-electron chi connectivity index (χ0n) is 13.7. The van der Waals surface area contributed by atoms with Crippen LogP contribution in [-0.4, -0.2) is 30.3 Å². The lowest BCUT2D eigenvalue weighted by molar-refractivity contribution is -0.116. The lowest BCUT2D eigenvalue weighted by Gasteiger charge is -2.18. The number of halogens is 2. The Hall–Kier alpha value is -1.85. The van der Waals surface area contributed by atoms with Crippen molar-refractivity contribution in [3.05, 3.63) is 62.6 Å². The predicted octanol–water partition coefficient (Wildman–Crippen LogP) is 4.43. The summed E-state index contributed by atoms with van der Waals surface area (Å²) in [6.07, 6.45) is 0. The summed E-state index contributed by atoms with van der Waals surface area (Å²) < 4.78 is 0.753. The standard InChI is InChI=1S/C18H18BrClN2O2/c1-11-5-4-6-16(12(11)2)21-17(23)10-22(3)18(24)14-9-13(19)7-8-15(14)20/h4-9H,10H2,1-3H3,(H,21,23). The zero-order valence-corrected chi connectivity index (χ0v) is 16.0. The van der Waals surface area contributed by atoms with Crippen molar-refractivity contribution in [1.29, 1.82) is 0 Å².